The fraction of sp³-hybridized carbons (Fsp3) is 0.833. The second kappa shape index (κ2) is 4.64. The van der Waals surface area contributed by atoms with Crippen molar-refractivity contribution in [1.82, 2.24) is 15.5 Å². The van der Waals surface area contributed by atoms with Gasteiger partial charge >= 0.3 is 6.03 Å². The van der Waals surface area contributed by atoms with Crippen LogP contribution in [0, 0.1) is 5.92 Å². The monoisotopic (exact) mass is 239 g/mol. The van der Waals surface area contributed by atoms with Crippen LogP contribution in [0.3, 0.4) is 0 Å². The van der Waals surface area contributed by atoms with E-state index in [1.54, 1.807) is 0 Å². The predicted molar refractivity (Wildman–Crippen MR) is 64.5 cm³/mol. The van der Waals surface area contributed by atoms with E-state index in [1.807, 2.05) is 14.0 Å². The lowest BCUT2D eigenvalue weighted by molar-refractivity contribution is -0.131. The lowest BCUT2D eigenvalue weighted by Gasteiger charge is -2.21. The Labute approximate surface area is 102 Å². The number of nitrogens with zero attached hydrogens (tertiary/aromatic N) is 1. The van der Waals surface area contributed by atoms with Gasteiger partial charge in [0.1, 0.15) is 5.54 Å². The van der Waals surface area contributed by atoms with Crippen molar-refractivity contribution in [3.05, 3.63) is 0 Å². The minimum absolute atomic E-state index is 0.0112. The largest absolute Gasteiger partial charge is 0.325 e. The van der Waals surface area contributed by atoms with E-state index in [0.717, 1.165) is 32.2 Å². The Balaban J connectivity index is 2.04. The smallest absolute Gasteiger partial charge is 0.323 e. The summed E-state index contributed by atoms with van der Waals surface area (Å²) < 4.78 is 0. The van der Waals surface area contributed by atoms with Gasteiger partial charge in [-0.15, -0.1) is 0 Å². The van der Waals surface area contributed by atoms with E-state index in [9.17, 15) is 9.59 Å². The van der Waals surface area contributed by atoms with Crippen LogP contribution >= 0.6 is 0 Å². The maximum absolute atomic E-state index is 12.3. The maximum atomic E-state index is 12.3. The van der Waals surface area contributed by atoms with Gasteiger partial charge in [0.05, 0.1) is 0 Å². The maximum Gasteiger partial charge on any atom is 0.325 e. The molecule has 1 saturated carbocycles. The molecule has 1 spiro atoms. The number of imide groups is 1. The molecule has 0 aromatic heterocycles. The molecule has 1 atom stereocenters. The third kappa shape index (κ3) is 2.16. The number of amides is 3. The molecule has 3 amide bonds. The Morgan fingerprint density at radius 2 is 2.06 bits per heavy atom. The van der Waals surface area contributed by atoms with Crippen molar-refractivity contribution >= 4 is 11.9 Å². The Morgan fingerprint density at radius 3 is 2.65 bits per heavy atom. The fourth-order valence-electron chi connectivity index (χ4n) is 2.88. The molecule has 5 nitrogen and oxygen atoms in total. The number of hydrogen-bond acceptors (Lipinski definition) is 3. The van der Waals surface area contributed by atoms with Gasteiger partial charge in [0, 0.05) is 6.54 Å². The van der Waals surface area contributed by atoms with E-state index in [2.05, 4.69) is 10.6 Å². The number of nitrogens with one attached hydrogen (secondary N) is 2. The van der Waals surface area contributed by atoms with Crippen LogP contribution in [0.1, 0.15) is 32.6 Å². The molecular formula is C12H21N3O2. The normalized spacial score (nSPS) is 24.5. The van der Waals surface area contributed by atoms with Crippen LogP contribution in [0.5, 0.6) is 0 Å². The lowest BCUT2D eigenvalue weighted by Crippen LogP contribution is -2.44. The third-order valence-corrected chi connectivity index (χ3v) is 3.75. The third-order valence-electron chi connectivity index (χ3n) is 3.75. The highest BCUT2D eigenvalue weighted by atomic mass is 16.2. The minimum Gasteiger partial charge on any atom is -0.323 e. The molecule has 17 heavy (non-hydrogen) atoms. The van der Waals surface area contributed by atoms with Crippen LogP contribution < -0.4 is 10.6 Å². The SMILES string of the molecule is CNCC(C)CN1C(=O)NC2(CCCC2)C1=O. The molecule has 0 bridgehead atoms. The van der Waals surface area contributed by atoms with Gasteiger partial charge in [-0.3, -0.25) is 9.69 Å². The Morgan fingerprint density at radius 1 is 1.41 bits per heavy atom. The zero-order chi connectivity index (χ0) is 12.5. The standard InChI is InChI=1S/C12H21N3O2/c1-9(7-13-2)8-15-10(16)12(14-11(15)17)5-3-4-6-12/h9,13H,3-8H2,1-2H3,(H,14,17). The number of carbonyl (C=O) groups excluding carboxylic acids is 2. The first-order valence-electron chi connectivity index (χ1n) is 6.38. The molecule has 0 radical (unpaired) electrons. The van der Waals surface area contributed by atoms with Gasteiger partial charge in [-0.1, -0.05) is 19.8 Å². The summed E-state index contributed by atoms with van der Waals surface area (Å²) in [4.78, 5) is 25.6. The van der Waals surface area contributed by atoms with Crippen LogP contribution in [0.15, 0.2) is 0 Å². The molecular weight excluding hydrogens is 218 g/mol. The quantitative estimate of drug-likeness (QED) is 0.710. The summed E-state index contributed by atoms with van der Waals surface area (Å²) >= 11 is 0. The van der Waals surface area contributed by atoms with Crippen molar-refractivity contribution < 1.29 is 9.59 Å². The molecule has 0 aromatic carbocycles. The molecule has 1 aliphatic heterocycles. The van der Waals surface area contributed by atoms with E-state index >= 15 is 0 Å². The first-order chi connectivity index (χ1) is 8.09. The van der Waals surface area contributed by atoms with Crippen molar-refractivity contribution in [3.63, 3.8) is 0 Å². The van der Waals surface area contributed by atoms with E-state index in [4.69, 9.17) is 0 Å². The topological polar surface area (TPSA) is 61.4 Å². The number of carbonyl (C=O) groups is 2. The minimum atomic E-state index is -0.559. The highest BCUT2D eigenvalue weighted by Crippen LogP contribution is 2.35. The summed E-state index contributed by atoms with van der Waals surface area (Å²) in [6.07, 6.45) is 3.67. The van der Waals surface area contributed by atoms with Gasteiger partial charge in [0.2, 0.25) is 0 Å². The molecule has 1 saturated heterocycles. The van der Waals surface area contributed by atoms with Crippen molar-refractivity contribution in [2.24, 2.45) is 5.92 Å². The van der Waals surface area contributed by atoms with E-state index in [-0.39, 0.29) is 17.9 Å². The van der Waals surface area contributed by atoms with E-state index in [0.29, 0.717) is 6.54 Å². The average molecular weight is 239 g/mol. The van der Waals surface area contributed by atoms with Crippen LogP contribution in [-0.2, 0) is 4.79 Å². The second-order valence-corrected chi connectivity index (χ2v) is 5.30. The zero-order valence-corrected chi connectivity index (χ0v) is 10.6. The Kier molecular flexibility index (Phi) is 3.38. The van der Waals surface area contributed by atoms with Crippen LogP contribution in [0.25, 0.3) is 0 Å². The fourth-order valence-corrected chi connectivity index (χ4v) is 2.88. The van der Waals surface area contributed by atoms with Crippen LogP contribution in [-0.4, -0.2) is 42.5 Å². The second-order valence-electron chi connectivity index (χ2n) is 5.30. The summed E-state index contributed by atoms with van der Waals surface area (Å²) in [5.74, 6) is 0.272. The van der Waals surface area contributed by atoms with Gasteiger partial charge in [-0.05, 0) is 32.4 Å². The molecule has 96 valence electrons. The van der Waals surface area contributed by atoms with Gasteiger partial charge in [0.15, 0.2) is 0 Å². The average Bonchev–Trinajstić information content (AvgIpc) is 2.82. The van der Waals surface area contributed by atoms with E-state index < -0.39 is 5.54 Å². The highest BCUT2D eigenvalue weighted by molar-refractivity contribution is 6.07. The van der Waals surface area contributed by atoms with Crippen LogP contribution in [0.4, 0.5) is 4.79 Å². The van der Waals surface area contributed by atoms with Crippen molar-refractivity contribution in [2.75, 3.05) is 20.1 Å². The summed E-state index contributed by atoms with van der Waals surface area (Å²) in [5, 5.41) is 5.96. The van der Waals surface area contributed by atoms with Crippen molar-refractivity contribution in [3.8, 4) is 0 Å². The summed E-state index contributed by atoms with van der Waals surface area (Å²) in [7, 11) is 1.88. The summed E-state index contributed by atoms with van der Waals surface area (Å²) in [6.45, 7) is 3.36. The first kappa shape index (κ1) is 12.4. The molecule has 2 aliphatic rings. The molecule has 1 heterocycles. The lowest BCUT2D eigenvalue weighted by atomic mass is 9.98. The first-order valence-corrected chi connectivity index (χ1v) is 6.38. The van der Waals surface area contributed by atoms with Gasteiger partial charge < -0.3 is 10.6 Å². The highest BCUT2D eigenvalue weighted by Gasteiger charge is 2.52. The van der Waals surface area contributed by atoms with Crippen molar-refractivity contribution in [1.29, 1.82) is 0 Å². The molecule has 2 fully saturated rings. The molecule has 1 aliphatic carbocycles. The molecule has 0 aromatic rings. The predicted octanol–water partition coefficient (Wildman–Crippen LogP) is 0.706. The van der Waals surface area contributed by atoms with Gasteiger partial charge in [0.25, 0.3) is 5.91 Å². The molecule has 5 heteroatoms. The Bertz CT molecular complexity index is 324. The summed E-state index contributed by atoms with van der Waals surface area (Å²) in [6, 6.07) is -0.208. The van der Waals surface area contributed by atoms with E-state index in [1.165, 1.54) is 4.90 Å². The van der Waals surface area contributed by atoms with Gasteiger partial charge in [-0.25, -0.2) is 4.79 Å². The number of rotatable bonds is 4. The summed E-state index contributed by atoms with van der Waals surface area (Å²) in [5.41, 5.74) is -0.559. The van der Waals surface area contributed by atoms with Crippen LogP contribution in [0.2, 0.25) is 0 Å². The molecule has 2 rings (SSSR count). The molecule has 2 N–H and O–H groups in total. The zero-order valence-electron chi connectivity index (χ0n) is 10.6. The Hall–Kier alpha value is -1.10. The number of urea groups is 1. The number of hydrogen-bond donors (Lipinski definition) is 2. The van der Waals surface area contributed by atoms with Crippen molar-refractivity contribution in [2.45, 2.75) is 38.1 Å². The van der Waals surface area contributed by atoms with Gasteiger partial charge in [-0.2, -0.15) is 0 Å². The molecule has 1 unspecified atom stereocenters.